The number of hydrogen-bond acceptors (Lipinski definition) is 4. The van der Waals surface area contributed by atoms with Crippen molar-refractivity contribution in [3.8, 4) is 0 Å². The van der Waals surface area contributed by atoms with E-state index in [1.165, 1.54) is 0 Å². The van der Waals surface area contributed by atoms with Crippen molar-refractivity contribution in [3.63, 3.8) is 0 Å². The molecule has 1 heterocycles. The summed E-state index contributed by atoms with van der Waals surface area (Å²) in [6, 6.07) is 0. The Labute approximate surface area is 139 Å². The number of carbonyl (C=O) groups is 1. The van der Waals surface area contributed by atoms with E-state index in [1.807, 2.05) is 14.0 Å². The Bertz CT molecular complexity index is 357. The van der Waals surface area contributed by atoms with E-state index in [-0.39, 0.29) is 12.5 Å². The number of guanidine groups is 1. The van der Waals surface area contributed by atoms with Gasteiger partial charge in [0.25, 0.3) is 0 Å². The molecular weight excluding hydrogens is 296 g/mol. The first-order chi connectivity index (χ1) is 11.2. The van der Waals surface area contributed by atoms with Crippen molar-refractivity contribution < 1.29 is 14.3 Å². The van der Waals surface area contributed by atoms with Crippen LogP contribution in [-0.2, 0) is 14.3 Å². The fourth-order valence-electron chi connectivity index (χ4n) is 2.48. The number of methoxy groups -OCH3 is 1. The molecule has 2 N–H and O–H groups in total. The molecule has 0 aromatic carbocycles. The van der Waals surface area contributed by atoms with Gasteiger partial charge in [0.2, 0.25) is 5.91 Å². The number of aliphatic imine (C=N–C) groups is 1. The molecule has 0 saturated carbocycles. The average molecular weight is 328 g/mol. The number of amides is 1. The van der Waals surface area contributed by atoms with E-state index in [1.54, 1.807) is 7.11 Å². The lowest BCUT2D eigenvalue weighted by atomic mass is 9.96. The quantitative estimate of drug-likeness (QED) is 0.365. The van der Waals surface area contributed by atoms with Crippen LogP contribution < -0.4 is 10.6 Å². The normalized spacial score (nSPS) is 16.2. The van der Waals surface area contributed by atoms with Crippen LogP contribution >= 0.6 is 0 Å². The Kier molecular flexibility index (Phi) is 10.4. The largest absolute Gasteiger partial charge is 0.383 e. The minimum Gasteiger partial charge on any atom is -0.383 e. The zero-order valence-corrected chi connectivity index (χ0v) is 14.8. The molecule has 1 amide bonds. The Hall–Kier alpha value is -1.34. The Morgan fingerprint density at radius 3 is 2.74 bits per heavy atom. The zero-order valence-electron chi connectivity index (χ0n) is 14.8. The average Bonchev–Trinajstić information content (AvgIpc) is 2.57. The molecule has 7 nitrogen and oxygen atoms in total. The summed E-state index contributed by atoms with van der Waals surface area (Å²) in [5.41, 5.74) is 0. The Morgan fingerprint density at radius 1 is 1.35 bits per heavy atom. The maximum atomic E-state index is 11.7. The van der Waals surface area contributed by atoms with Crippen LogP contribution in [-0.4, -0.2) is 76.9 Å². The molecule has 1 saturated heterocycles. The summed E-state index contributed by atoms with van der Waals surface area (Å²) in [6.45, 7) is 6.66. The van der Waals surface area contributed by atoms with Crippen molar-refractivity contribution in [1.82, 2.24) is 15.5 Å². The van der Waals surface area contributed by atoms with Crippen LogP contribution in [0.2, 0.25) is 0 Å². The first-order valence-electron chi connectivity index (χ1n) is 8.50. The summed E-state index contributed by atoms with van der Waals surface area (Å²) in [4.78, 5) is 18.2. The van der Waals surface area contributed by atoms with Crippen LogP contribution in [0.3, 0.4) is 0 Å². The maximum absolute atomic E-state index is 11.7. The van der Waals surface area contributed by atoms with Crippen LogP contribution in [0.25, 0.3) is 0 Å². The molecule has 0 aliphatic carbocycles. The van der Waals surface area contributed by atoms with Gasteiger partial charge in [0.1, 0.15) is 6.54 Å². The maximum Gasteiger partial charge on any atom is 0.241 e. The van der Waals surface area contributed by atoms with Gasteiger partial charge in [-0.2, -0.15) is 0 Å². The van der Waals surface area contributed by atoms with Crippen molar-refractivity contribution in [1.29, 1.82) is 0 Å². The summed E-state index contributed by atoms with van der Waals surface area (Å²) < 4.78 is 10.3. The van der Waals surface area contributed by atoms with E-state index in [0.29, 0.717) is 13.2 Å². The highest BCUT2D eigenvalue weighted by molar-refractivity contribution is 5.84. The molecule has 1 aliphatic rings. The Balaban J connectivity index is 2.37. The molecule has 0 aromatic heterocycles. The number of ether oxygens (including phenoxy) is 2. The van der Waals surface area contributed by atoms with E-state index < -0.39 is 0 Å². The molecule has 0 unspecified atom stereocenters. The molecule has 0 atom stereocenters. The second-order valence-corrected chi connectivity index (χ2v) is 5.78. The number of nitrogens with one attached hydrogen (secondary N) is 2. The molecular formula is C16H32N4O3. The molecule has 0 radical (unpaired) electrons. The fraction of sp³-hybridized carbons (Fsp3) is 0.875. The highest BCUT2D eigenvalue weighted by atomic mass is 16.5. The highest BCUT2D eigenvalue weighted by Gasteiger charge is 2.15. The molecule has 1 fully saturated rings. The van der Waals surface area contributed by atoms with Gasteiger partial charge in [-0.15, -0.1) is 0 Å². The molecule has 134 valence electrons. The van der Waals surface area contributed by atoms with E-state index in [0.717, 1.165) is 57.4 Å². The number of carbonyl (C=O) groups excluding carboxylic acids is 1. The van der Waals surface area contributed by atoms with Crippen LogP contribution in [0, 0.1) is 5.92 Å². The molecule has 23 heavy (non-hydrogen) atoms. The summed E-state index contributed by atoms with van der Waals surface area (Å²) >= 11 is 0. The van der Waals surface area contributed by atoms with Crippen LogP contribution in [0.4, 0.5) is 0 Å². The monoisotopic (exact) mass is 328 g/mol. The van der Waals surface area contributed by atoms with Gasteiger partial charge >= 0.3 is 0 Å². The molecule has 1 rings (SSSR count). The van der Waals surface area contributed by atoms with Gasteiger partial charge in [-0.3, -0.25) is 4.79 Å². The van der Waals surface area contributed by atoms with Gasteiger partial charge in [0, 0.05) is 47.0 Å². The van der Waals surface area contributed by atoms with Crippen molar-refractivity contribution in [2.75, 3.05) is 60.2 Å². The first kappa shape index (κ1) is 19.7. The Morgan fingerprint density at radius 2 is 2.09 bits per heavy atom. The van der Waals surface area contributed by atoms with Gasteiger partial charge in [-0.05, 0) is 32.1 Å². The smallest absolute Gasteiger partial charge is 0.241 e. The predicted molar refractivity (Wildman–Crippen MR) is 91.7 cm³/mol. The van der Waals surface area contributed by atoms with E-state index in [4.69, 9.17) is 9.47 Å². The summed E-state index contributed by atoms with van der Waals surface area (Å²) in [5.74, 6) is 1.42. The van der Waals surface area contributed by atoms with Crippen molar-refractivity contribution >= 4 is 11.9 Å². The SMILES string of the molecule is CCNC(=NCC(=O)NCCOC)N(C)CCC1CCOCC1. The minimum absolute atomic E-state index is 0.0877. The van der Waals surface area contributed by atoms with Crippen LogP contribution in [0.15, 0.2) is 4.99 Å². The topological polar surface area (TPSA) is 75.2 Å². The molecule has 7 heteroatoms. The third-order valence-electron chi connectivity index (χ3n) is 3.91. The van der Waals surface area contributed by atoms with Gasteiger partial charge in [-0.1, -0.05) is 0 Å². The first-order valence-corrected chi connectivity index (χ1v) is 8.50. The second-order valence-electron chi connectivity index (χ2n) is 5.78. The summed E-state index contributed by atoms with van der Waals surface area (Å²) in [5, 5.41) is 6.01. The highest BCUT2D eigenvalue weighted by Crippen LogP contribution is 2.18. The van der Waals surface area contributed by atoms with E-state index in [2.05, 4.69) is 20.5 Å². The third kappa shape index (κ3) is 8.76. The van der Waals surface area contributed by atoms with Crippen molar-refractivity contribution in [2.45, 2.75) is 26.2 Å². The van der Waals surface area contributed by atoms with Crippen molar-refractivity contribution in [3.05, 3.63) is 0 Å². The van der Waals surface area contributed by atoms with Gasteiger partial charge < -0.3 is 25.0 Å². The predicted octanol–water partition coefficient (Wildman–Crippen LogP) is 0.463. The zero-order chi connectivity index (χ0) is 16.9. The van der Waals surface area contributed by atoms with Gasteiger partial charge in [-0.25, -0.2) is 4.99 Å². The standard InChI is InChI=1S/C16H32N4O3/c1-4-17-16(19-13-15(21)18-8-12-22-3)20(2)9-5-14-6-10-23-11-7-14/h14H,4-13H2,1-3H3,(H,17,19)(H,18,21). The summed E-state index contributed by atoms with van der Waals surface area (Å²) in [7, 11) is 3.63. The number of nitrogens with zero attached hydrogens (tertiary/aromatic N) is 2. The third-order valence-corrected chi connectivity index (χ3v) is 3.91. The number of hydrogen-bond donors (Lipinski definition) is 2. The molecule has 1 aliphatic heterocycles. The van der Waals surface area contributed by atoms with E-state index >= 15 is 0 Å². The molecule has 0 aromatic rings. The van der Waals surface area contributed by atoms with Gasteiger partial charge in [0.15, 0.2) is 5.96 Å². The molecule has 0 spiro atoms. The second kappa shape index (κ2) is 12.1. The minimum atomic E-state index is -0.0877. The lowest BCUT2D eigenvalue weighted by molar-refractivity contribution is -0.119. The van der Waals surface area contributed by atoms with Crippen LogP contribution in [0.1, 0.15) is 26.2 Å². The van der Waals surface area contributed by atoms with Crippen molar-refractivity contribution in [2.24, 2.45) is 10.9 Å². The fourth-order valence-corrected chi connectivity index (χ4v) is 2.48. The van der Waals surface area contributed by atoms with Crippen LogP contribution in [0.5, 0.6) is 0 Å². The summed E-state index contributed by atoms with van der Waals surface area (Å²) in [6.07, 6.45) is 3.41. The molecule has 0 bridgehead atoms. The lowest BCUT2D eigenvalue weighted by Crippen LogP contribution is -2.41. The number of rotatable bonds is 9. The van der Waals surface area contributed by atoms with Gasteiger partial charge in [0.05, 0.1) is 6.61 Å². The van der Waals surface area contributed by atoms with E-state index in [9.17, 15) is 4.79 Å². The lowest BCUT2D eigenvalue weighted by Gasteiger charge is -2.26.